The number of rotatable bonds is 5. The molecular formula is C16H26N4O. The number of pyridine rings is 1. The Morgan fingerprint density at radius 3 is 2.67 bits per heavy atom. The summed E-state index contributed by atoms with van der Waals surface area (Å²) in [6, 6.07) is 3.87. The molecule has 1 fully saturated rings. The highest BCUT2D eigenvalue weighted by atomic mass is 16.2. The van der Waals surface area contributed by atoms with Crippen molar-refractivity contribution < 1.29 is 4.79 Å². The predicted octanol–water partition coefficient (Wildman–Crippen LogP) is 2.53. The van der Waals surface area contributed by atoms with E-state index in [9.17, 15) is 4.79 Å². The van der Waals surface area contributed by atoms with Gasteiger partial charge in [0, 0.05) is 13.1 Å². The smallest absolute Gasteiger partial charge is 0.244 e. The third-order valence-electron chi connectivity index (χ3n) is 3.97. The van der Waals surface area contributed by atoms with E-state index < -0.39 is 5.54 Å². The number of amides is 1. The van der Waals surface area contributed by atoms with Gasteiger partial charge in [0.2, 0.25) is 5.91 Å². The summed E-state index contributed by atoms with van der Waals surface area (Å²) in [5.41, 5.74) is 5.89. The number of hydrogen-bond donors (Lipinski definition) is 2. The van der Waals surface area contributed by atoms with Crippen molar-refractivity contribution in [3.63, 3.8) is 0 Å². The maximum absolute atomic E-state index is 12.1. The molecule has 0 bridgehead atoms. The molecule has 116 valence electrons. The van der Waals surface area contributed by atoms with Gasteiger partial charge in [0.15, 0.2) is 0 Å². The van der Waals surface area contributed by atoms with Gasteiger partial charge in [0.05, 0.1) is 17.4 Å². The number of nitrogens with zero attached hydrogens (tertiary/aromatic N) is 2. The molecule has 1 aliphatic rings. The van der Waals surface area contributed by atoms with E-state index in [1.54, 1.807) is 13.1 Å². The molecule has 3 N–H and O–H groups in total. The van der Waals surface area contributed by atoms with E-state index in [1.165, 1.54) is 19.3 Å². The molecule has 0 aromatic carbocycles. The van der Waals surface area contributed by atoms with Gasteiger partial charge in [-0.25, -0.2) is 4.98 Å². The average molecular weight is 290 g/mol. The van der Waals surface area contributed by atoms with Gasteiger partial charge < -0.3 is 16.0 Å². The molecule has 1 aromatic heterocycles. The van der Waals surface area contributed by atoms with Gasteiger partial charge in [0.25, 0.3) is 0 Å². The largest absolute Gasteiger partial charge is 0.357 e. The number of carbonyl (C=O) groups excluding carboxylic acids is 1. The van der Waals surface area contributed by atoms with Gasteiger partial charge in [-0.3, -0.25) is 4.79 Å². The number of nitrogens with one attached hydrogen (secondary N) is 1. The second kappa shape index (κ2) is 6.89. The van der Waals surface area contributed by atoms with Crippen LogP contribution in [0.1, 0.15) is 46.0 Å². The minimum atomic E-state index is -0.833. The highest BCUT2D eigenvalue weighted by Gasteiger charge is 2.27. The Morgan fingerprint density at radius 1 is 1.38 bits per heavy atom. The highest BCUT2D eigenvalue weighted by Crippen LogP contribution is 2.19. The first-order chi connectivity index (χ1) is 10.0. The number of carbonyl (C=O) groups is 1. The summed E-state index contributed by atoms with van der Waals surface area (Å²) in [7, 11) is 0. The molecule has 1 aliphatic heterocycles. The first-order valence-corrected chi connectivity index (χ1v) is 7.84. The Labute approximate surface area is 126 Å². The highest BCUT2D eigenvalue weighted by molar-refractivity contribution is 5.97. The fourth-order valence-electron chi connectivity index (χ4n) is 2.68. The normalized spacial score (nSPS) is 18.1. The zero-order chi connectivity index (χ0) is 15.3. The van der Waals surface area contributed by atoms with E-state index in [0.29, 0.717) is 12.1 Å². The lowest BCUT2D eigenvalue weighted by molar-refractivity contribution is -0.120. The first kappa shape index (κ1) is 15.8. The third-order valence-corrected chi connectivity index (χ3v) is 3.97. The average Bonchev–Trinajstić information content (AvgIpc) is 2.49. The Hall–Kier alpha value is -1.62. The van der Waals surface area contributed by atoms with E-state index in [0.717, 1.165) is 25.3 Å². The molecule has 21 heavy (non-hydrogen) atoms. The van der Waals surface area contributed by atoms with Crippen molar-refractivity contribution in [2.45, 2.75) is 51.5 Å². The summed E-state index contributed by atoms with van der Waals surface area (Å²) in [6.07, 6.45) is 7.01. The van der Waals surface area contributed by atoms with Gasteiger partial charge >= 0.3 is 0 Å². The van der Waals surface area contributed by atoms with E-state index in [1.807, 2.05) is 19.1 Å². The van der Waals surface area contributed by atoms with E-state index in [2.05, 4.69) is 15.2 Å². The van der Waals surface area contributed by atoms with Crippen molar-refractivity contribution in [3.05, 3.63) is 18.3 Å². The molecule has 1 aromatic rings. The van der Waals surface area contributed by atoms with Crippen molar-refractivity contribution in [1.29, 1.82) is 0 Å². The molecule has 1 unspecified atom stereocenters. The van der Waals surface area contributed by atoms with Crippen molar-refractivity contribution in [1.82, 2.24) is 4.98 Å². The standard InChI is InChI=1S/C16H26N4O/c1-3-9-16(2,17)15(21)19-13-7-8-14(18-12-13)20-10-5-4-6-11-20/h7-8,12H,3-6,9-11,17H2,1-2H3,(H,19,21). The van der Waals surface area contributed by atoms with Crippen LogP contribution in [-0.2, 0) is 4.79 Å². The SMILES string of the molecule is CCCC(C)(N)C(=O)Nc1ccc(N2CCCCC2)nc1. The monoisotopic (exact) mass is 290 g/mol. The summed E-state index contributed by atoms with van der Waals surface area (Å²) in [5.74, 6) is 0.827. The molecule has 1 amide bonds. The van der Waals surface area contributed by atoms with Crippen molar-refractivity contribution in [3.8, 4) is 0 Å². The molecule has 0 spiro atoms. The molecule has 2 heterocycles. The first-order valence-electron chi connectivity index (χ1n) is 7.84. The van der Waals surface area contributed by atoms with Crippen LogP contribution in [0.25, 0.3) is 0 Å². The van der Waals surface area contributed by atoms with Crippen LogP contribution in [0.3, 0.4) is 0 Å². The maximum atomic E-state index is 12.1. The minimum absolute atomic E-state index is 0.156. The van der Waals surface area contributed by atoms with Crippen LogP contribution >= 0.6 is 0 Å². The zero-order valence-electron chi connectivity index (χ0n) is 13.1. The second-order valence-electron chi connectivity index (χ2n) is 6.07. The van der Waals surface area contributed by atoms with Crippen LogP contribution in [0.5, 0.6) is 0 Å². The molecule has 1 atom stereocenters. The Balaban J connectivity index is 1.97. The number of nitrogens with two attached hydrogens (primary N) is 1. The molecule has 2 rings (SSSR count). The second-order valence-corrected chi connectivity index (χ2v) is 6.07. The lowest BCUT2D eigenvalue weighted by atomic mass is 9.96. The molecule has 5 nitrogen and oxygen atoms in total. The Bertz CT molecular complexity index is 464. The van der Waals surface area contributed by atoms with Crippen molar-refractivity contribution >= 4 is 17.4 Å². The van der Waals surface area contributed by atoms with Crippen molar-refractivity contribution in [2.75, 3.05) is 23.3 Å². The number of piperidine rings is 1. The number of anilines is 2. The number of aromatic nitrogens is 1. The topological polar surface area (TPSA) is 71.2 Å². The maximum Gasteiger partial charge on any atom is 0.244 e. The Morgan fingerprint density at radius 2 is 2.10 bits per heavy atom. The van der Waals surface area contributed by atoms with Crippen LogP contribution < -0.4 is 16.0 Å². The predicted molar refractivity (Wildman–Crippen MR) is 86.4 cm³/mol. The minimum Gasteiger partial charge on any atom is -0.357 e. The summed E-state index contributed by atoms with van der Waals surface area (Å²) in [5, 5.41) is 2.85. The molecule has 0 aliphatic carbocycles. The van der Waals surface area contributed by atoms with Gasteiger partial charge in [-0.15, -0.1) is 0 Å². The van der Waals surface area contributed by atoms with Crippen LogP contribution in [0.4, 0.5) is 11.5 Å². The van der Waals surface area contributed by atoms with Gasteiger partial charge in [-0.1, -0.05) is 13.3 Å². The molecule has 1 saturated heterocycles. The molecule has 0 saturated carbocycles. The Kier molecular flexibility index (Phi) is 5.17. The molecule has 5 heteroatoms. The lowest BCUT2D eigenvalue weighted by Crippen LogP contribution is -2.48. The fraction of sp³-hybridized carbons (Fsp3) is 0.625. The quantitative estimate of drug-likeness (QED) is 0.874. The van der Waals surface area contributed by atoms with E-state index in [-0.39, 0.29) is 5.91 Å². The summed E-state index contributed by atoms with van der Waals surface area (Å²) in [4.78, 5) is 18.9. The van der Waals surface area contributed by atoms with E-state index >= 15 is 0 Å². The van der Waals surface area contributed by atoms with Crippen LogP contribution in [0, 0.1) is 0 Å². The van der Waals surface area contributed by atoms with Gasteiger partial charge in [-0.05, 0) is 44.7 Å². The molecular weight excluding hydrogens is 264 g/mol. The summed E-state index contributed by atoms with van der Waals surface area (Å²) < 4.78 is 0. The van der Waals surface area contributed by atoms with Crippen LogP contribution in [0.2, 0.25) is 0 Å². The van der Waals surface area contributed by atoms with Crippen molar-refractivity contribution in [2.24, 2.45) is 5.73 Å². The summed E-state index contributed by atoms with van der Waals surface area (Å²) in [6.45, 7) is 5.92. The summed E-state index contributed by atoms with van der Waals surface area (Å²) >= 11 is 0. The third kappa shape index (κ3) is 4.17. The van der Waals surface area contributed by atoms with Gasteiger partial charge in [0.1, 0.15) is 5.82 Å². The number of hydrogen-bond acceptors (Lipinski definition) is 4. The zero-order valence-corrected chi connectivity index (χ0v) is 13.1. The van der Waals surface area contributed by atoms with Crippen LogP contribution in [-0.4, -0.2) is 29.5 Å². The lowest BCUT2D eigenvalue weighted by Gasteiger charge is -2.28. The van der Waals surface area contributed by atoms with E-state index in [4.69, 9.17) is 5.73 Å². The fourth-order valence-corrected chi connectivity index (χ4v) is 2.68. The van der Waals surface area contributed by atoms with Gasteiger partial charge in [-0.2, -0.15) is 0 Å². The van der Waals surface area contributed by atoms with Crippen LogP contribution in [0.15, 0.2) is 18.3 Å². The molecule has 0 radical (unpaired) electrons.